The van der Waals surface area contributed by atoms with Crippen molar-refractivity contribution in [1.29, 1.82) is 0 Å². The summed E-state index contributed by atoms with van der Waals surface area (Å²) < 4.78 is 27.1. The molecule has 2 rings (SSSR count). The lowest BCUT2D eigenvalue weighted by Gasteiger charge is -2.35. The maximum Gasteiger partial charge on any atom is 0.243 e. The van der Waals surface area contributed by atoms with Crippen molar-refractivity contribution in [3.63, 3.8) is 0 Å². The van der Waals surface area contributed by atoms with E-state index in [-0.39, 0.29) is 6.04 Å². The van der Waals surface area contributed by atoms with Crippen LogP contribution in [0.4, 0.5) is 0 Å². The van der Waals surface area contributed by atoms with Gasteiger partial charge in [0, 0.05) is 13.1 Å². The lowest BCUT2D eigenvalue weighted by molar-refractivity contribution is 0.213. The molecule has 118 valence electrons. The minimum absolute atomic E-state index is 0.118. The van der Waals surface area contributed by atoms with Gasteiger partial charge in [-0.2, -0.15) is 4.31 Å². The average molecular weight is 310 g/mol. The third kappa shape index (κ3) is 3.65. The summed E-state index contributed by atoms with van der Waals surface area (Å²) in [5.41, 5.74) is 6.59. The Morgan fingerprint density at radius 3 is 2.38 bits per heavy atom. The highest BCUT2D eigenvalue weighted by molar-refractivity contribution is 7.89. The van der Waals surface area contributed by atoms with Gasteiger partial charge >= 0.3 is 0 Å². The summed E-state index contributed by atoms with van der Waals surface area (Å²) in [6.07, 6.45) is 5.17. The van der Waals surface area contributed by atoms with Gasteiger partial charge in [0.1, 0.15) is 0 Å². The molecule has 2 atom stereocenters. The third-order valence-electron chi connectivity index (χ3n) is 4.57. The van der Waals surface area contributed by atoms with Crippen LogP contribution < -0.4 is 5.73 Å². The Kier molecular flexibility index (Phi) is 5.41. The van der Waals surface area contributed by atoms with Crippen LogP contribution in [-0.2, 0) is 16.4 Å². The van der Waals surface area contributed by atoms with Crippen LogP contribution in [0.25, 0.3) is 0 Å². The first-order valence-corrected chi connectivity index (χ1v) is 9.18. The Hall–Kier alpha value is -0.910. The van der Waals surface area contributed by atoms with Crippen molar-refractivity contribution >= 4 is 10.0 Å². The van der Waals surface area contributed by atoms with E-state index in [2.05, 4.69) is 6.92 Å². The molecular weight excluding hydrogens is 284 g/mol. The van der Waals surface area contributed by atoms with E-state index in [4.69, 9.17) is 5.73 Å². The van der Waals surface area contributed by atoms with E-state index in [0.717, 1.165) is 31.2 Å². The van der Waals surface area contributed by atoms with E-state index >= 15 is 0 Å². The molecule has 0 aromatic heterocycles. The second kappa shape index (κ2) is 6.90. The molecule has 21 heavy (non-hydrogen) atoms. The largest absolute Gasteiger partial charge is 0.330 e. The summed E-state index contributed by atoms with van der Waals surface area (Å²) in [5, 5.41) is 0. The molecule has 1 saturated carbocycles. The summed E-state index contributed by atoms with van der Waals surface area (Å²) >= 11 is 0. The van der Waals surface area contributed by atoms with Gasteiger partial charge in [-0.3, -0.25) is 0 Å². The number of rotatable bonds is 5. The van der Waals surface area contributed by atoms with E-state index in [1.165, 1.54) is 6.42 Å². The van der Waals surface area contributed by atoms with E-state index in [0.29, 0.717) is 17.4 Å². The monoisotopic (exact) mass is 310 g/mol. The molecule has 0 heterocycles. The Bertz CT molecular complexity index is 554. The highest BCUT2D eigenvalue weighted by atomic mass is 32.2. The van der Waals surface area contributed by atoms with Crippen LogP contribution in [0.5, 0.6) is 0 Å². The zero-order valence-electron chi connectivity index (χ0n) is 13.0. The van der Waals surface area contributed by atoms with Gasteiger partial charge in [-0.05, 0) is 49.4 Å². The van der Waals surface area contributed by atoms with Gasteiger partial charge in [0.15, 0.2) is 0 Å². The van der Waals surface area contributed by atoms with E-state index in [9.17, 15) is 8.42 Å². The fourth-order valence-electron chi connectivity index (χ4n) is 3.18. The molecule has 2 unspecified atom stereocenters. The maximum atomic E-state index is 12.7. The van der Waals surface area contributed by atoms with Crippen LogP contribution in [0.15, 0.2) is 29.2 Å². The number of nitrogens with zero attached hydrogens (tertiary/aromatic N) is 1. The first-order valence-electron chi connectivity index (χ1n) is 7.74. The van der Waals surface area contributed by atoms with Gasteiger partial charge in [0.2, 0.25) is 10.0 Å². The van der Waals surface area contributed by atoms with Gasteiger partial charge in [0.05, 0.1) is 4.90 Å². The highest BCUT2D eigenvalue weighted by Crippen LogP contribution is 2.30. The summed E-state index contributed by atoms with van der Waals surface area (Å²) in [5.74, 6) is 0.426. The first kappa shape index (κ1) is 16.5. The fourth-order valence-corrected chi connectivity index (χ4v) is 4.66. The summed E-state index contributed by atoms with van der Waals surface area (Å²) in [7, 11) is -1.68. The minimum Gasteiger partial charge on any atom is -0.330 e. The van der Waals surface area contributed by atoms with Crippen molar-refractivity contribution in [3.05, 3.63) is 29.8 Å². The molecule has 0 amide bonds. The summed E-state index contributed by atoms with van der Waals surface area (Å²) in [4.78, 5) is 0.378. The van der Waals surface area contributed by atoms with Crippen molar-refractivity contribution in [2.75, 3.05) is 13.6 Å². The zero-order valence-corrected chi connectivity index (χ0v) is 13.8. The molecule has 1 aliphatic rings. The maximum absolute atomic E-state index is 12.7. The van der Waals surface area contributed by atoms with Crippen molar-refractivity contribution in [2.45, 2.75) is 50.0 Å². The predicted molar refractivity (Wildman–Crippen MR) is 85.6 cm³/mol. The molecule has 5 heteroatoms. The van der Waals surface area contributed by atoms with Gasteiger partial charge in [-0.1, -0.05) is 31.9 Å². The van der Waals surface area contributed by atoms with Crippen LogP contribution in [-0.4, -0.2) is 32.4 Å². The Morgan fingerprint density at radius 1 is 1.19 bits per heavy atom. The van der Waals surface area contributed by atoms with Gasteiger partial charge in [-0.15, -0.1) is 0 Å². The molecule has 0 radical (unpaired) electrons. The number of sulfonamides is 1. The van der Waals surface area contributed by atoms with Crippen LogP contribution >= 0.6 is 0 Å². The molecule has 0 saturated heterocycles. The molecule has 0 spiro atoms. The zero-order chi connectivity index (χ0) is 15.5. The van der Waals surface area contributed by atoms with E-state index in [1.54, 1.807) is 23.5 Å². The van der Waals surface area contributed by atoms with Crippen LogP contribution in [0.3, 0.4) is 0 Å². The summed E-state index contributed by atoms with van der Waals surface area (Å²) in [6, 6.07) is 7.23. The lowest BCUT2D eigenvalue weighted by Crippen LogP contribution is -2.42. The fraction of sp³-hybridized carbons (Fsp3) is 0.625. The van der Waals surface area contributed by atoms with Crippen LogP contribution in [0, 0.1) is 5.92 Å². The Labute approximate surface area is 128 Å². The van der Waals surface area contributed by atoms with Crippen molar-refractivity contribution in [2.24, 2.45) is 11.7 Å². The molecule has 4 nitrogen and oxygen atoms in total. The van der Waals surface area contributed by atoms with Crippen molar-refractivity contribution in [3.8, 4) is 0 Å². The number of nitrogens with two attached hydrogens (primary N) is 1. The first-order chi connectivity index (χ1) is 9.96. The third-order valence-corrected chi connectivity index (χ3v) is 6.46. The average Bonchev–Trinajstić information content (AvgIpc) is 2.48. The van der Waals surface area contributed by atoms with Crippen LogP contribution in [0.2, 0.25) is 0 Å². The van der Waals surface area contributed by atoms with E-state index < -0.39 is 10.0 Å². The molecule has 1 aliphatic carbocycles. The quantitative estimate of drug-likeness (QED) is 0.908. The molecule has 2 N–H and O–H groups in total. The van der Waals surface area contributed by atoms with Gasteiger partial charge < -0.3 is 5.73 Å². The molecule has 0 bridgehead atoms. The predicted octanol–water partition coefficient (Wildman–Crippen LogP) is 2.39. The number of hydrogen-bond acceptors (Lipinski definition) is 3. The second-order valence-corrected chi connectivity index (χ2v) is 8.03. The molecule has 0 aliphatic heterocycles. The number of hydrogen-bond donors (Lipinski definition) is 1. The van der Waals surface area contributed by atoms with E-state index in [1.807, 2.05) is 12.1 Å². The molecule has 1 aromatic carbocycles. The summed E-state index contributed by atoms with van der Waals surface area (Å²) in [6.45, 7) is 2.73. The molecule has 1 fully saturated rings. The Morgan fingerprint density at radius 2 is 1.81 bits per heavy atom. The van der Waals surface area contributed by atoms with Crippen molar-refractivity contribution < 1.29 is 8.42 Å². The SMILES string of the molecule is CC1CCCCC1N(C)S(=O)(=O)c1ccc(CCN)cc1. The lowest BCUT2D eigenvalue weighted by atomic mass is 9.86. The van der Waals surface area contributed by atoms with Crippen molar-refractivity contribution in [1.82, 2.24) is 4.31 Å². The normalized spacial score (nSPS) is 23.4. The highest BCUT2D eigenvalue weighted by Gasteiger charge is 2.32. The minimum atomic E-state index is -3.40. The van der Waals surface area contributed by atoms with Gasteiger partial charge in [-0.25, -0.2) is 8.42 Å². The Balaban J connectivity index is 2.19. The van der Waals surface area contributed by atoms with Crippen LogP contribution in [0.1, 0.15) is 38.2 Å². The topological polar surface area (TPSA) is 63.4 Å². The molecular formula is C16H26N2O2S. The molecule has 1 aromatic rings. The standard InChI is InChI=1S/C16H26N2O2S/c1-13-5-3-4-6-16(13)18(2)21(19,20)15-9-7-14(8-10-15)11-12-17/h7-10,13,16H,3-6,11-12,17H2,1-2H3. The number of benzene rings is 1. The second-order valence-electron chi connectivity index (χ2n) is 6.03. The van der Waals surface area contributed by atoms with Gasteiger partial charge in [0.25, 0.3) is 0 Å². The smallest absolute Gasteiger partial charge is 0.243 e.